The maximum absolute atomic E-state index is 5.47. The second-order valence-electron chi connectivity index (χ2n) is 2.29. The van der Waals surface area contributed by atoms with Gasteiger partial charge in [-0.05, 0) is 13.8 Å². The highest BCUT2D eigenvalue weighted by molar-refractivity contribution is 7.99. The van der Waals surface area contributed by atoms with Crippen molar-refractivity contribution in [3.05, 3.63) is 0 Å². The summed E-state index contributed by atoms with van der Waals surface area (Å²) in [6.07, 6.45) is 0.951. The highest BCUT2D eigenvalue weighted by atomic mass is 32.2. The van der Waals surface area contributed by atoms with Crippen molar-refractivity contribution < 1.29 is 4.74 Å². The van der Waals surface area contributed by atoms with Gasteiger partial charge in [0, 0.05) is 11.5 Å². The van der Waals surface area contributed by atoms with Crippen molar-refractivity contribution in [1.29, 1.82) is 0 Å². The Kier molecular flexibility index (Phi) is 2.20. The van der Waals surface area contributed by atoms with Crippen molar-refractivity contribution in [2.45, 2.75) is 26.1 Å². The van der Waals surface area contributed by atoms with Gasteiger partial charge in [0.1, 0.15) is 0 Å². The summed E-state index contributed by atoms with van der Waals surface area (Å²) in [7, 11) is 0. The molecule has 0 aromatic rings. The summed E-state index contributed by atoms with van der Waals surface area (Å²) in [5.41, 5.74) is 0. The summed E-state index contributed by atoms with van der Waals surface area (Å²) in [4.78, 5) is 0. The van der Waals surface area contributed by atoms with Crippen LogP contribution >= 0.6 is 11.8 Å². The number of hydrogen-bond acceptors (Lipinski definition) is 2. The molecule has 8 heavy (non-hydrogen) atoms. The minimum absolute atomic E-state index is 0.476. The molecule has 0 unspecified atom stereocenters. The fourth-order valence-electron chi connectivity index (χ4n) is 0.875. The van der Waals surface area contributed by atoms with E-state index < -0.39 is 0 Å². The lowest BCUT2D eigenvalue weighted by Crippen LogP contribution is -2.26. The lowest BCUT2D eigenvalue weighted by Gasteiger charge is -2.24. The van der Waals surface area contributed by atoms with Crippen molar-refractivity contribution in [2.24, 2.45) is 0 Å². The SMILES string of the molecule is C[C@@H]1CSC[C@@H](C)O1. The second kappa shape index (κ2) is 2.74. The van der Waals surface area contributed by atoms with E-state index in [1.54, 1.807) is 0 Å². The van der Waals surface area contributed by atoms with E-state index in [0.29, 0.717) is 12.2 Å². The predicted molar refractivity (Wildman–Crippen MR) is 37.3 cm³/mol. The first-order valence-electron chi connectivity index (χ1n) is 3.02. The summed E-state index contributed by atoms with van der Waals surface area (Å²) in [5, 5.41) is 0. The average molecular weight is 132 g/mol. The highest BCUT2D eigenvalue weighted by Gasteiger charge is 2.14. The van der Waals surface area contributed by atoms with Gasteiger partial charge in [0.2, 0.25) is 0 Å². The molecule has 48 valence electrons. The summed E-state index contributed by atoms with van der Waals surface area (Å²) in [5.74, 6) is 2.34. The number of rotatable bonds is 0. The molecule has 0 saturated carbocycles. The quantitative estimate of drug-likeness (QED) is 0.494. The zero-order valence-electron chi connectivity index (χ0n) is 5.39. The van der Waals surface area contributed by atoms with E-state index in [0.717, 1.165) is 0 Å². The highest BCUT2D eigenvalue weighted by Crippen LogP contribution is 2.16. The molecular formula is C6H12OS. The van der Waals surface area contributed by atoms with Crippen LogP contribution in [0, 0.1) is 0 Å². The van der Waals surface area contributed by atoms with Crippen LogP contribution < -0.4 is 0 Å². The summed E-state index contributed by atoms with van der Waals surface area (Å²) in [6, 6.07) is 0. The number of thioether (sulfide) groups is 1. The van der Waals surface area contributed by atoms with Crippen molar-refractivity contribution >= 4 is 11.8 Å². The van der Waals surface area contributed by atoms with Gasteiger partial charge in [-0.1, -0.05) is 0 Å². The minimum atomic E-state index is 0.476. The zero-order chi connectivity index (χ0) is 5.98. The van der Waals surface area contributed by atoms with Gasteiger partial charge in [-0.25, -0.2) is 0 Å². The first kappa shape index (κ1) is 6.43. The summed E-state index contributed by atoms with van der Waals surface area (Å²) < 4.78 is 5.47. The molecule has 0 bridgehead atoms. The molecule has 0 aromatic carbocycles. The third-order valence-corrected chi connectivity index (χ3v) is 2.58. The molecule has 1 aliphatic heterocycles. The van der Waals surface area contributed by atoms with E-state index in [1.165, 1.54) is 11.5 Å². The van der Waals surface area contributed by atoms with E-state index >= 15 is 0 Å². The first-order chi connectivity index (χ1) is 3.79. The Labute approximate surface area is 54.8 Å². The van der Waals surface area contributed by atoms with Crippen LogP contribution in [-0.2, 0) is 4.74 Å². The molecule has 2 atom stereocenters. The van der Waals surface area contributed by atoms with Crippen molar-refractivity contribution in [2.75, 3.05) is 11.5 Å². The smallest absolute Gasteiger partial charge is 0.0641 e. The van der Waals surface area contributed by atoms with Gasteiger partial charge in [-0.3, -0.25) is 0 Å². The average Bonchev–Trinajstić information content (AvgIpc) is 1.64. The molecule has 0 aromatic heterocycles. The molecule has 1 rings (SSSR count). The summed E-state index contributed by atoms with van der Waals surface area (Å²) >= 11 is 1.99. The van der Waals surface area contributed by atoms with E-state index in [4.69, 9.17) is 4.74 Å². The third-order valence-electron chi connectivity index (χ3n) is 1.17. The first-order valence-corrected chi connectivity index (χ1v) is 4.17. The maximum Gasteiger partial charge on any atom is 0.0641 e. The zero-order valence-corrected chi connectivity index (χ0v) is 6.20. The third kappa shape index (κ3) is 1.67. The molecule has 0 spiro atoms. The van der Waals surface area contributed by atoms with Crippen LogP contribution in [0.4, 0.5) is 0 Å². The van der Waals surface area contributed by atoms with Crippen LogP contribution in [0.2, 0.25) is 0 Å². The van der Waals surface area contributed by atoms with Gasteiger partial charge in [0.25, 0.3) is 0 Å². The second-order valence-corrected chi connectivity index (χ2v) is 3.37. The molecule has 1 aliphatic rings. The van der Waals surface area contributed by atoms with Crippen LogP contribution in [-0.4, -0.2) is 23.7 Å². The standard InChI is InChI=1S/C6H12OS/c1-5-3-8-4-6(2)7-5/h5-6H,3-4H2,1-2H3/t5-,6-/m1/s1. The molecule has 1 fully saturated rings. The molecule has 1 heterocycles. The fraction of sp³-hybridized carbons (Fsp3) is 1.00. The molecule has 1 nitrogen and oxygen atoms in total. The van der Waals surface area contributed by atoms with E-state index in [2.05, 4.69) is 13.8 Å². The van der Waals surface area contributed by atoms with Crippen molar-refractivity contribution in [3.63, 3.8) is 0 Å². The molecule has 0 amide bonds. The van der Waals surface area contributed by atoms with Crippen LogP contribution in [0.5, 0.6) is 0 Å². The molecule has 0 aliphatic carbocycles. The molecule has 0 N–H and O–H groups in total. The number of ether oxygens (including phenoxy) is 1. The normalized spacial score (nSPS) is 39.8. The maximum atomic E-state index is 5.47. The van der Waals surface area contributed by atoms with Crippen LogP contribution in [0.15, 0.2) is 0 Å². The van der Waals surface area contributed by atoms with Crippen molar-refractivity contribution in [3.8, 4) is 0 Å². The Morgan fingerprint density at radius 2 is 1.75 bits per heavy atom. The minimum Gasteiger partial charge on any atom is -0.374 e. The lowest BCUT2D eigenvalue weighted by molar-refractivity contribution is 0.0292. The monoisotopic (exact) mass is 132 g/mol. The number of hydrogen-bond donors (Lipinski definition) is 0. The fourth-order valence-corrected chi connectivity index (χ4v) is 1.83. The topological polar surface area (TPSA) is 9.23 Å². The van der Waals surface area contributed by atoms with Gasteiger partial charge >= 0.3 is 0 Å². The Morgan fingerprint density at radius 3 is 2.00 bits per heavy atom. The Morgan fingerprint density at radius 1 is 1.25 bits per heavy atom. The Balaban J connectivity index is 2.23. The predicted octanol–water partition coefficient (Wildman–Crippen LogP) is 1.53. The van der Waals surface area contributed by atoms with Gasteiger partial charge in [0.15, 0.2) is 0 Å². The van der Waals surface area contributed by atoms with E-state index in [-0.39, 0.29) is 0 Å². The van der Waals surface area contributed by atoms with Gasteiger partial charge in [-0.2, -0.15) is 11.8 Å². The van der Waals surface area contributed by atoms with E-state index in [9.17, 15) is 0 Å². The molecule has 2 heteroatoms. The van der Waals surface area contributed by atoms with Crippen LogP contribution in [0.3, 0.4) is 0 Å². The summed E-state index contributed by atoms with van der Waals surface area (Å²) in [6.45, 7) is 4.26. The van der Waals surface area contributed by atoms with Crippen LogP contribution in [0.25, 0.3) is 0 Å². The van der Waals surface area contributed by atoms with Gasteiger partial charge in [-0.15, -0.1) is 0 Å². The Hall–Kier alpha value is 0.310. The Bertz CT molecular complexity index is 66.9. The molecular weight excluding hydrogens is 120 g/mol. The largest absolute Gasteiger partial charge is 0.374 e. The van der Waals surface area contributed by atoms with Gasteiger partial charge < -0.3 is 4.74 Å². The van der Waals surface area contributed by atoms with E-state index in [1.807, 2.05) is 11.8 Å². The van der Waals surface area contributed by atoms with Gasteiger partial charge in [0.05, 0.1) is 12.2 Å². The molecule has 1 saturated heterocycles. The lowest BCUT2D eigenvalue weighted by atomic mass is 10.4. The van der Waals surface area contributed by atoms with Crippen molar-refractivity contribution in [1.82, 2.24) is 0 Å². The van der Waals surface area contributed by atoms with Crippen LogP contribution in [0.1, 0.15) is 13.8 Å². The molecule has 0 radical (unpaired) electrons.